The van der Waals surface area contributed by atoms with Crippen LogP contribution in [0, 0.1) is 6.92 Å². The molecule has 0 radical (unpaired) electrons. The first-order chi connectivity index (χ1) is 8.29. The van der Waals surface area contributed by atoms with Crippen LogP contribution >= 0.6 is 15.9 Å². The quantitative estimate of drug-likeness (QED) is 0.546. The maximum absolute atomic E-state index is 5.74. The number of ether oxygens (including phenoxy) is 3. The summed E-state index contributed by atoms with van der Waals surface area (Å²) in [6.45, 7) is 4.43. The van der Waals surface area contributed by atoms with E-state index in [-0.39, 0.29) is 0 Å². The van der Waals surface area contributed by atoms with E-state index in [2.05, 4.69) is 22.0 Å². The van der Waals surface area contributed by atoms with Gasteiger partial charge in [0.25, 0.3) is 0 Å². The van der Waals surface area contributed by atoms with Crippen molar-refractivity contribution >= 4 is 15.9 Å². The van der Waals surface area contributed by atoms with E-state index in [9.17, 15) is 0 Å². The Morgan fingerprint density at radius 1 is 1.12 bits per heavy atom. The minimum Gasteiger partial charge on any atom is -0.491 e. The molecule has 0 N–H and O–H groups in total. The highest BCUT2D eigenvalue weighted by atomic mass is 79.9. The molecule has 96 valence electrons. The van der Waals surface area contributed by atoms with E-state index >= 15 is 0 Å². The lowest BCUT2D eigenvalue weighted by molar-refractivity contribution is 0.0542. The second-order valence-electron chi connectivity index (χ2n) is 3.65. The molecule has 0 aliphatic carbocycles. The highest BCUT2D eigenvalue weighted by Crippen LogP contribution is 2.25. The summed E-state index contributed by atoms with van der Waals surface area (Å²) in [5.74, 6) is 0.958. The molecular weight excluding hydrogens is 284 g/mol. The van der Waals surface area contributed by atoms with Gasteiger partial charge in [0.1, 0.15) is 12.4 Å². The van der Waals surface area contributed by atoms with Gasteiger partial charge in [0.2, 0.25) is 0 Å². The Bertz CT molecular complexity index is 328. The molecule has 0 aromatic heterocycles. The molecule has 0 heterocycles. The highest BCUT2D eigenvalue weighted by molar-refractivity contribution is 9.08. The molecule has 1 aromatic rings. The molecule has 0 saturated heterocycles. The summed E-state index contributed by atoms with van der Waals surface area (Å²) in [5, 5.41) is 0.800. The van der Waals surface area contributed by atoms with Crippen LogP contribution in [0.1, 0.15) is 11.1 Å². The molecule has 1 rings (SSSR count). The molecule has 0 atom stereocenters. The SMILES string of the molecule is COCCOCCOc1c(C)cccc1CBr. The molecule has 3 nitrogen and oxygen atoms in total. The van der Waals surface area contributed by atoms with E-state index in [1.807, 2.05) is 19.1 Å². The van der Waals surface area contributed by atoms with E-state index in [1.165, 1.54) is 5.56 Å². The standard InChI is InChI=1S/C13H19BrO3/c1-11-4-3-5-12(10-14)13(11)17-9-8-16-7-6-15-2/h3-5H,6-10H2,1-2H3. The fraction of sp³-hybridized carbons (Fsp3) is 0.538. The third-order valence-corrected chi connectivity index (χ3v) is 2.95. The number of hydrogen-bond donors (Lipinski definition) is 0. The summed E-state index contributed by atoms with van der Waals surface area (Å²) in [6, 6.07) is 6.14. The Kier molecular flexibility index (Phi) is 7.24. The van der Waals surface area contributed by atoms with Gasteiger partial charge < -0.3 is 14.2 Å². The number of para-hydroxylation sites is 1. The number of hydrogen-bond acceptors (Lipinski definition) is 3. The maximum Gasteiger partial charge on any atom is 0.126 e. The van der Waals surface area contributed by atoms with Crippen LogP contribution in [0.25, 0.3) is 0 Å². The molecule has 0 fully saturated rings. The molecule has 4 heteroatoms. The van der Waals surface area contributed by atoms with Crippen molar-refractivity contribution in [1.29, 1.82) is 0 Å². The van der Waals surface area contributed by atoms with Crippen LogP contribution in [0.4, 0.5) is 0 Å². The summed E-state index contributed by atoms with van der Waals surface area (Å²) >= 11 is 3.46. The predicted octanol–water partition coefficient (Wildman–Crippen LogP) is 2.93. The molecule has 17 heavy (non-hydrogen) atoms. The van der Waals surface area contributed by atoms with Crippen molar-refractivity contribution in [3.8, 4) is 5.75 Å². The Hall–Kier alpha value is -0.580. The molecule has 0 unspecified atom stereocenters. The van der Waals surface area contributed by atoms with E-state index in [1.54, 1.807) is 7.11 Å². The molecule has 0 amide bonds. The summed E-state index contributed by atoms with van der Waals surface area (Å²) in [6.07, 6.45) is 0. The van der Waals surface area contributed by atoms with Crippen LogP contribution in [0.15, 0.2) is 18.2 Å². The molecule has 1 aromatic carbocycles. The van der Waals surface area contributed by atoms with Crippen molar-refractivity contribution in [3.63, 3.8) is 0 Å². The number of alkyl halides is 1. The highest BCUT2D eigenvalue weighted by Gasteiger charge is 2.05. The second-order valence-corrected chi connectivity index (χ2v) is 4.21. The van der Waals surface area contributed by atoms with Crippen molar-refractivity contribution in [2.45, 2.75) is 12.3 Å². The topological polar surface area (TPSA) is 27.7 Å². The van der Waals surface area contributed by atoms with Gasteiger partial charge in [-0.15, -0.1) is 0 Å². The Labute approximate surface area is 111 Å². The van der Waals surface area contributed by atoms with Crippen molar-refractivity contribution in [3.05, 3.63) is 29.3 Å². The van der Waals surface area contributed by atoms with Gasteiger partial charge in [-0.05, 0) is 12.5 Å². The van der Waals surface area contributed by atoms with Crippen LogP contribution in [0.5, 0.6) is 5.75 Å². The number of rotatable bonds is 8. The average Bonchev–Trinajstić information content (AvgIpc) is 2.35. The number of halogens is 1. The smallest absolute Gasteiger partial charge is 0.126 e. The van der Waals surface area contributed by atoms with Crippen LogP contribution in [-0.4, -0.2) is 33.5 Å². The minimum absolute atomic E-state index is 0.564. The summed E-state index contributed by atoms with van der Waals surface area (Å²) in [5.41, 5.74) is 2.32. The normalized spacial score (nSPS) is 10.5. The first-order valence-corrected chi connectivity index (χ1v) is 6.75. The van der Waals surface area contributed by atoms with Gasteiger partial charge in [0.05, 0.1) is 19.8 Å². The van der Waals surface area contributed by atoms with Gasteiger partial charge in [-0.25, -0.2) is 0 Å². The van der Waals surface area contributed by atoms with E-state index in [4.69, 9.17) is 14.2 Å². The zero-order valence-corrected chi connectivity index (χ0v) is 12.0. The van der Waals surface area contributed by atoms with E-state index < -0.39 is 0 Å². The van der Waals surface area contributed by atoms with Gasteiger partial charge in [0, 0.05) is 18.0 Å². The fourth-order valence-corrected chi connectivity index (χ4v) is 1.91. The van der Waals surface area contributed by atoms with Crippen LogP contribution in [-0.2, 0) is 14.8 Å². The van der Waals surface area contributed by atoms with Crippen LogP contribution < -0.4 is 4.74 Å². The fourth-order valence-electron chi connectivity index (χ4n) is 1.47. The third kappa shape index (κ3) is 5.06. The zero-order chi connectivity index (χ0) is 12.5. The van der Waals surface area contributed by atoms with E-state index in [0.29, 0.717) is 26.4 Å². The minimum atomic E-state index is 0.564. The Balaban J connectivity index is 2.35. The predicted molar refractivity (Wildman–Crippen MR) is 72.0 cm³/mol. The molecule has 0 aliphatic rings. The lowest BCUT2D eigenvalue weighted by Crippen LogP contribution is -2.11. The van der Waals surface area contributed by atoms with Gasteiger partial charge in [-0.2, -0.15) is 0 Å². The largest absolute Gasteiger partial charge is 0.491 e. The lowest BCUT2D eigenvalue weighted by atomic mass is 10.1. The average molecular weight is 303 g/mol. The first-order valence-electron chi connectivity index (χ1n) is 5.63. The number of benzene rings is 1. The Morgan fingerprint density at radius 3 is 2.59 bits per heavy atom. The van der Waals surface area contributed by atoms with Gasteiger partial charge in [-0.1, -0.05) is 34.1 Å². The maximum atomic E-state index is 5.74. The number of aryl methyl sites for hydroxylation is 1. The third-order valence-electron chi connectivity index (χ3n) is 2.34. The van der Waals surface area contributed by atoms with Crippen molar-refractivity contribution < 1.29 is 14.2 Å². The first kappa shape index (κ1) is 14.5. The lowest BCUT2D eigenvalue weighted by Gasteiger charge is -2.12. The summed E-state index contributed by atoms with van der Waals surface area (Å²) < 4.78 is 16.0. The Morgan fingerprint density at radius 2 is 1.88 bits per heavy atom. The van der Waals surface area contributed by atoms with Gasteiger partial charge >= 0.3 is 0 Å². The summed E-state index contributed by atoms with van der Waals surface area (Å²) in [7, 11) is 1.66. The van der Waals surface area contributed by atoms with Crippen LogP contribution in [0.3, 0.4) is 0 Å². The zero-order valence-electron chi connectivity index (χ0n) is 10.4. The molecule has 0 saturated carbocycles. The summed E-state index contributed by atoms with van der Waals surface area (Å²) in [4.78, 5) is 0. The molecule has 0 aliphatic heterocycles. The monoisotopic (exact) mass is 302 g/mol. The van der Waals surface area contributed by atoms with Crippen LogP contribution in [0.2, 0.25) is 0 Å². The van der Waals surface area contributed by atoms with Gasteiger partial charge in [0.15, 0.2) is 0 Å². The van der Waals surface area contributed by atoms with Crippen molar-refractivity contribution in [2.75, 3.05) is 33.5 Å². The number of methoxy groups -OCH3 is 1. The van der Waals surface area contributed by atoms with Gasteiger partial charge in [-0.3, -0.25) is 0 Å². The molecule has 0 spiro atoms. The van der Waals surface area contributed by atoms with E-state index in [0.717, 1.165) is 16.6 Å². The molecular formula is C13H19BrO3. The van der Waals surface area contributed by atoms with Crippen molar-refractivity contribution in [1.82, 2.24) is 0 Å². The second kappa shape index (κ2) is 8.50. The van der Waals surface area contributed by atoms with Crippen molar-refractivity contribution in [2.24, 2.45) is 0 Å². The molecule has 0 bridgehead atoms.